The first-order chi connectivity index (χ1) is 9.20. The molecule has 112 valence electrons. The van der Waals surface area contributed by atoms with Gasteiger partial charge in [0.2, 0.25) is 0 Å². The smallest absolute Gasteiger partial charge is 0.251 e. The number of carbonyl (C=O) groups is 1. The molecule has 1 N–H and O–H groups in total. The maximum absolute atomic E-state index is 12.0. The van der Waals surface area contributed by atoms with Gasteiger partial charge in [-0.1, -0.05) is 13.8 Å². The molecule has 0 fully saturated rings. The molecular weight excluding hydrogens is 274 g/mol. The van der Waals surface area contributed by atoms with Gasteiger partial charge < -0.3 is 5.32 Å². The third kappa shape index (κ3) is 5.33. The molecule has 0 unspecified atom stereocenters. The first-order valence-corrected chi connectivity index (χ1v) is 8.70. The summed E-state index contributed by atoms with van der Waals surface area (Å²) in [6.45, 7) is 6.28. The van der Waals surface area contributed by atoms with Gasteiger partial charge in [-0.2, -0.15) is 0 Å². The van der Waals surface area contributed by atoms with Crippen molar-refractivity contribution in [2.24, 2.45) is 5.92 Å². The molecule has 0 heterocycles. The van der Waals surface area contributed by atoms with Crippen molar-refractivity contribution < 1.29 is 13.2 Å². The molecule has 1 atom stereocenters. The van der Waals surface area contributed by atoms with Gasteiger partial charge in [0.25, 0.3) is 5.91 Å². The maximum atomic E-state index is 12.0. The number of sulfone groups is 1. The Bertz CT molecular complexity index is 547. The number of nitrogens with one attached hydrogen (secondary N) is 1. The summed E-state index contributed by atoms with van der Waals surface area (Å²) in [5, 5.41) is 2.92. The normalized spacial score (nSPS) is 13.2. The largest absolute Gasteiger partial charge is 0.350 e. The highest BCUT2D eigenvalue weighted by atomic mass is 32.2. The second-order valence-corrected chi connectivity index (χ2v) is 7.66. The van der Waals surface area contributed by atoms with E-state index in [4.69, 9.17) is 0 Å². The lowest BCUT2D eigenvalue weighted by atomic mass is 10.0. The van der Waals surface area contributed by atoms with Crippen LogP contribution in [0.15, 0.2) is 29.2 Å². The van der Waals surface area contributed by atoms with E-state index in [9.17, 15) is 13.2 Å². The van der Waals surface area contributed by atoms with Crippen LogP contribution in [-0.2, 0) is 9.84 Å². The average Bonchev–Trinajstić information content (AvgIpc) is 2.35. The van der Waals surface area contributed by atoms with Crippen LogP contribution in [0.25, 0.3) is 0 Å². The fourth-order valence-corrected chi connectivity index (χ4v) is 2.45. The third-order valence-electron chi connectivity index (χ3n) is 3.10. The number of hydrogen-bond acceptors (Lipinski definition) is 3. The van der Waals surface area contributed by atoms with Crippen LogP contribution in [0.3, 0.4) is 0 Å². The molecule has 20 heavy (non-hydrogen) atoms. The van der Waals surface area contributed by atoms with Gasteiger partial charge >= 0.3 is 0 Å². The van der Waals surface area contributed by atoms with Gasteiger partial charge in [0.1, 0.15) is 0 Å². The molecule has 0 spiro atoms. The summed E-state index contributed by atoms with van der Waals surface area (Å²) in [5.74, 6) is 0.449. The fraction of sp³-hybridized carbons (Fsp3) is 0.533. The summed E-state index contributed by atoms with van der Waals surface area (Å²) in [5.41, 5.74) is 0.480. The minimum atomic E-state index is -3.22. The molecule has 1 amide bonds. The number of rotatable bonds is 6. The van der Waals surface area contributed by atoms with E-state index < -0.39 is 9.84 Å². The lowest BCUT2D eigenvalue weighted by Gasteiger charge is -2.15. The predicted molar refractivity (Wildman–Crippen MR) is 80.6 cm³/mol. The monoisotopic (exact) mass is 297 g/mol. The van der Waals surface area contributed by atoms with Gasteiger partial charge in [0.15, 0.2) is 9.84 Å². The van der Waals surface area contributed by atoms with Crippen LogP contribution in [0.2, 0.25) is 0 Å². The molecule has 4 nitrogen and oxygen atoms in total. The van der Waals surface area contributed by atoms with Gasteiger partial charge in [-0.15, -0.1) is 0 Å². The number of hydrogen-bond donors (Lipinski definition) is 1. The van der Waals surface area contributed by atoms with Gasteiger partial charge in [-0.3, -0.25) is 4.79 Å². The first kappa shape index (κ1) is 16.7. The van der Waals surface area contributed by atoms with Gasteiger partial charge in [-0.05, 0) is 49.9 Å². The Morgan fingerprint density at radius 3 is 2.10 bits per heavy atom. The quantitative estimate of drug-likeness (QED) is 0.878. The van der Waals surface area contributed by atoms with Crippen LogP contribution < -0.4 is 5.32 Å². The van der Waals surface area contributed by atoms with Crippen molar-refractivity contribution >= 4 is 15.7 Å². The van der Waals surface area contributed by atoms with Gasteiger partial charge in [0.05, 0.1) is 4.90 Å². The number of carbonyl (C=O) groups excluding carboxylic acids is 1. The van der Waals surface area contributed by atoms with Crippen molar-refractivity contribution in [1.82, 2.24) is 5.32 Å². The molecule has 0 radical (unpaired) electrons. The fourth-order valence-electron chi connectivity index (χ4n) is 1.82. The van der Waals surface area contributed by atoms with Crippen LogP contribution >= 0.6 is 0 Å². The Hall–Kier alpha value is -1.36. The van der Waals surface area contributed by atoms with Crippen molar-refractivity contribution in [2.75, 3.05) is 6.26 Å². The zero-order chi connectivity index (χ0) is 15.3. The zero-order valence-electron chi connectivity index (χ0n) is 12.5. The average molecular weight is 297 g/mol. The molecule has 0 aliphatic carbocycles. The van der Waals surface area contributed by atoms with Gasteiger partial charge in [-0.25, -0.2) is 8.42 Å². The Labute approximate surface area is 121 Å². The van der Waals surface area contributed by atoms with E-state index in [1.807, 2.05) is 6.92 Å². The molecule has 0 aliphatic heterocycles. The van der Waals surface area contributed by atoms with E-state index in [1.54, 1.807) is 12.1 Å². The highest BCUT2D eigenvalue weighted by molar-refractivity contribution is 7.90. The second-order valence-electron chi connectivity index (χ2n) is 5.64. The molecule has 0 aromatic heterocycles. The Balaban J connectivity index is 2.64. The van der Waals surface area contributed by atoms with E-state index in [-0.39, 0.29) is 16.8 Å². The summed E-state index contributed by atoms with van der Waals surface area (Å²) in [6, 6.07) is 6.12. The van der Waals surface area contributed by atoms with Gasteiger partial charge in [0, 0.05) is 17.9 Å². The summed E-state index contributed by atoms with van der Waals surface area (Å²) < 4.78 is 22.7. The number of amides is 1. The molecule has 0 bridgehead atoms. The molecule has 1 rings (SSSR count). The minimum absolute atomic E-state index is 0.111. The third-order valence-corrected chi connectivity index (χ3v) is 4.23. The van der Waals surface area contributed by atoms with Crippen LogP contribution in [0.5, 0.6) is 0 Å². The van der Waals surface area contributed by atoms with Crippen LogP contribution in [0.1, 0.15) is 44.0 Å². The molecule has 1 aromatic carbocycles. The Morgan fingerprint density at radius 1 is 1.10 bits per heavy atom. The maximum Gasteiger partial charge on any atom is 0.251 e. The van der Waals surface area contributed by atoms with E-state index >= 15 is 0 Å². The first-order valence-electron chi connectivity index (χ1n) is 6.81. The van der Waals surface area contributed by atoms with E-state index in [1.165, 1.54) is 12.1 Å². The minimum Gasteiger partial charge on any atom is -0.350 e. The highest BCUT2D eigenvalue weighted by Gasteiger charge is 2.12. The van der Waals surface area contributed by atoms with E-state index in [2.05, 4.69) is 19.2 Å². The van der Waals surface area contributed by atoms with Crippen molar-refractivity contribution in [3.8, 4) is 0 Å². The van der Waals surface area contributed by atoms with Crippen LogP contribution in [0, 0.1) is 5.92 Å². The molecule has 0 saturated heterocycles. The molecular formula is C15H23NO3S. The van der Waals surface area contributed by atoms with Crippen molar-refractivity contribution in [1.29, 1.82) is 0 Å². The summed E-state index contributed by atoms with van der Waals surface area (Å²) in [4.78, 5) is 12.2. The second kappa shape index (κ2) is 6.88. The van der Waals surface area contributed by atoms with E-state index in [0.717, 1.165) is 19.1 Å². The Kier molecular flexibility index (Phi) is 5.74. The molecule has 0 aliphatic rings. The van der Waals surface area contributed by atoms with Crippen LogP contribution in [-0.4, -0.2) is 26.6 Å². The standard InChI is InChI=1S/C15H23NO3S/c1-11(2)5-6-12(3)16-15(17)13-7-9-14(10-8-13)20(4,18)19/h7-12H,5-6H2,1-4H3,(H,16,17)/t12-/m0/s1. The summed E-state index contributed by atoms with van der Waals surface area (Å²) in [6.07, 6.45) is 3.15. The van der Waals surface area contributed by atoms with Crippen molar-refractivity contribution in [3.63, 3.8) is 0 Å². The SMILES string of the molecule is CC(C)CC[C@H](C)NC(=O)c1ccc(S(C)(=O)=O)cc1. The molecule has 0 saturated carbocycles. The summed E-state index contributed by atoms with van der Waals surface area (Å²) in [7, 11) is -3.22. The summed E-state index contributed by atoms with van der Waals surface area (Å²) >= 11 is 0. The number of benzene rings is 1. The molecule has 1 aromatic rings. The zero-order valence-corrected chi connectivity index (χ0v) is 13.3. The Morgan fingerprint density at radius 2 is 1.65 bits per heavy atom. The topological polar surface area (TPSA) is 63.2 Å². The van der Waals surface area contributed by atoms with Crippen molar-refractivity contribution in [2.45, 2.75) is 44.6 Å². The van der Waals surface area contributed by atoms with Crippen molar-refractivity contribution in [3.05, 3.63) is 29.8 Å². The lowest BCUT2D eigenvalue weighted by molar-refractivity contribution is 0.0937. The lowest BCUT2D eigenvalue weighted by Crippen LogP contribution is -2.32. The van der Waals surface area contributed by atoms with E-state index in [0.29, 0.717) is 11.5 Å². The molecule has 5 heteroatoms. The predicted octanol–water partition coefficient (Wildman–Crippen LogP) is 2.64. The van der Waals surface area contributed by atoms with Crippen LogP contribution in [0.4, 0.5) is 0 Å². The highest BCUT2D eigenvalue weighted by Crippen LogP contribution is 2.11.